The van der Waals surface area contributed by atoms with Crippen molar-refractivity contribution in [3.63, 3.8) is 0 Å². The van der Waals surface area contributed by atoms with Crippen molar-refractivity contribution in [1.82, 2.24) is 15.0 Å². The molecule has 5 heteroatoms. The van der Waals surface area contributed by atoms with Gasteiger partial charge in [0.2, 0.25) is 0 Å². The van der Waals surface area contributed by atoms with Crippen LogP contribution in [0.15, 0.2) is 54.6 Å². The van der Waals surface area contributed by atoms with Crippen LogP contribution in [-0.2, 0) is 13.2 Å². The lowest BCUT2D eigenvalue weighted by Gasteiger charge is -2.09. The lowest BCUT2D eigenvalue weighted by molar-refractivity contribution is 0.293. The molecule has 0 radical (unpaired) electrons. The summed E-state index contributed by atoms with van der Waals surface area (Å²) in [6.07, 6.45) is 0. The SMILES string of the molecule is Cc1ccc(Cn2nnc(C#N)c2COc2ccccc2)cc1. The first-order valence-electron chi connectivity index (χ1n) is 7.32. The van der Waals surface area contributed by atoms with Crippen molar-refractivity contribution >= 4 is 0 Å². The van der Waals surface area contributed by atoms with Gasteiger partial charge in [-0.2, -0.15) is 5.26 Å². The number of para-hydroxylation sites is 1. The van der Waals surface area contributed by atoms with Crippen molar-refractivity contribution in [3.05, 3.63) is 77.1 Å². The van der Waals surface area contributed by atoms with Gasteiger partial charge in [-0.3, -0.25) is 0 Å². The number of nitrogens with zero attached hydrogens (tertiary/aromatic N) is 4. The summed E-state index contributed by atoms with van der Waals surface area (Å²) < 4.78 is 7.45. The third-order valence-corrected chi connectivity index (χ3v) is 3.52. The summed E-state index contributed by atoms with van der Waals surface area (Å²) in [5.41, 5.74) is 3.29. The molecule has 0 saturated carbocycles. The summed E-state index contributed by atoms with van der Waals surface area (Å²) in [6.45, 7) is 2.86. The number of rotatable bonds is 5. The van der Waals surface area contributed by atoms with Crippen molar-refractivity contribution in [1.29, 1.82) is 5.26 Å². The van der Waals surface area contributed by atoms with Crippen LogP contribution in [0.2, 0.25) is 0 Å². The van der Waals surface area contributed by atoms with E-state index in [0.29, 0.717) is 17.9 Å². The van der Waals surface area contributed by atoms with Crippen LogP contribution in [0.25, 0.3) is 0 Å². The average molecular weight is 304 g/mol. The smallest absolute Gasteiger partial charge is 0.189 e. The minimum atomic E-state index is 0.256. The van der Waals surface area contributed by atoms with E-state index in [1.54, 1.807) is 4.68 Å². The molecule has 23 heavy (non-hydrogen) atoms. The van der Waals surface area contributed by atoms with Crippen molar-refractivity contribution in [2.45, 2.75) is 20.1 Å². The number of aromatic nitrogens is 3. The fourth-order valence-electron chi connectivity index (χ4n) is 2.22. The molecule has 114 valence electrons. The van der Waals surface area contributed by atoms with Crippen LogP contribution in [0.1, 0.15) is 22.5 Å². The number of ether oxygens (including phenoxy) is 1. The van der Waals surface area contributed by atoms with E-state index in [1.165, 1.54) is 5.56 Å². The number of aryl methyl sites for hydroxylation is 1. The average Bonchev–Trinajstić information content (AvgIpc) is 2.98. The van der Waals surface area contributed by atoms with Gasteiger partial charge in [-0.15, -0.1) is 5.10 Å². The van der Waals surface area contributed by atoms with Crippen molar-refractivity contribution in [3.8, 4) is 11.8 Å². The third-order valence-electron chi connectivity index (χ3n) is 3.52. The van der Waals surface area contributed by atoms with Crippen LogP contribution in [0.3, 0.4) is 0 Å². The summed E-state index contributed by atoms with van der Waals surface area (Å²) >= 11 is 0. The first kappa shape index (κ1) is 14.8. The van der Waals surface area contributed by atoms with Gasteiger partial charge in [0.15, 0.2) is 5.69 Å². The Labute approximate surface area is 134 Å². The lowest BCUT2D eigenvalue weighted by atomic mass is 10.1. The van der Waals surface area contributed by atoms with Gasteiger partial charge in [0.25, 0.3) is 0 Å². The zero-order valence-corrected chi connectivity index (χ0v) is 12.8. The van der Waals surface area contributed by atoms with E-state index in [0.717, 1.165) is 11.3 Å². The molecule has 5 nitrogen and oxygen atoms in total. The summed E-state index contributed by atoms with van der Waals surface area (Å²) in [5, 5.41) is 17.2. The summed E-state index contributed by atoms with van der Waals surface area (Å²) in [4.78, 5) is 0. The Morgan fingerprint density at radius 3 is 2.52 bits per heavy atom. The highest BCUT2D eigenvalue weighted by Crippen LogP contribution is 2.14. The molecule has 0 unspecified atom stereocenters. The molecular weight excluding hydrogens is 288 g/mol. The molecule has 0 amide bonds. The second-order valence-electron chi connectivity index (χ2n) is 5.24. The van der Waals surface area contributed by atoms with Crippen LogP contribution in [0.5, 0.6) is 5.75 Å². The molecule has 1 heterocycles. The van der Waals surface area contributed by atoms with Gasteiger partial charge >= 0.3 is 0 Å². The Kier molecular flexibility index (Phi) is 4.34. The van der Waals surface area contributed by atoms with E-state index in [-0.39, 0.29) is 6.61 Å². The first-order valence-corrected chi connectivity index (χ1v) is 7.32. The van der Waals surface area contributed by atoms with Crippen LogP contribution in [-0.4, -0.2) is 15.0 Å². The van der Waals surface area contributed by atoms with Crippen LogP contribution < -0.4 is 4.74 Å². The summed E-state index contributed by atoms with van der Waals surface area (Å²) in [5.74, 6) is 0.750. The van der Waals surface area contributed by atoms with Gasteiger partial charge in [-0.25, -0.2) is 4.68 Å². The van der Waals surface area contributed by atoms with Gasteiger partial charge in [-0.1, -0.05) is 53.2 Å². The van der Waals surface area contributed by atoms with E-state index in [4.69, 9.17) is 4.74 Å². The Balaban J connectivity index is 1.80. The molecular formula is C18H16N4O. The van der Waals surface area contributed by atoms with Crippen molar-refractivity contribution in [2.24, 2.45) is 0 Å². The second-order valence-corrected chi connectivity index (χ2v) is 5.24. The second kappa shape index (κ2) is 6.75. The van der Waals surface area contributed by atoms with Crippen LogP contribution >= 0.6 is 0 Å². The molecule has 0 fully saturated rings. The van der Waals surface area contributed by atoms with Crippen LogP contribution in [0, 0.1) is 18.3 Å². The van der Waals surface area contributed by atoms with Gasteiger partial charge in [0.1, 0.15) is 24.1 Å². The van der Waals surface area contributed by atoms with E-state index in [1.807, 2.05) is 49.4 Å². The minimum absolute atomic E-state index is 0.256. The zero-order chi connectivity index (χ0) is 16.1. The molecule has 2 aromatic carbocycles. The van der Waals surface area contributed by atoms with Crippen molar-refractivity contribution in [2.75, 3.05) is 0 Å². The highest BCUT2D eigenvalue weighted by Gasteiger charge is 2.13. The number of nitriles is 1. The molecule has 0 saturated heterocycles. The normalized spacial score (nSPS) is 10.3. The summed E-state index contributed by atoms with van der Waals surface area (Å²) in [7, 11) is 0. The van der Waals surface area contributed by atoms with Crippen LogP contribution in [0.4, 0.5) is 0 Å². The maximum atomic E-state index is 9.21. The predicted molar refractivity (Wildman–Crippen MR) is 85.8 cm³/mol. The Hall–Kier alpha value is -3.13. The fraction of sp³-hybridized carbons (Fsp3) is 0.167. The number of hydrogen-bond donors (Lipinski definition) is 0. The Bertz CT molecular complexity index is 816. The maximum absolute atomic E-state index is 9.21. The number of benzene rings is 2. The monoisotopic (exact) mass is 304 g/mol. The van der Waals surface area contributed by atoms with Gasteiger partial charge < -0.3 is 4.74 Å². The topological polar surface area (TPSA) is 63.7 Å². The Morgan fingerprint density at radius 2 is 1.83 bits per heavy atom. The highest BCUT2D eigenvalue weighted by atomic mass is 16.5. The fourth-order valence-corrected chi connectivity index (χ4v) is 2.22. The maximum Gasteiger partial charge on any atom is 0.189 e. The molecule has 0 aliphatic carbocycles. The molecule has 0 N–H and O–H groups in total. The summed E-state index contributed by atoms with van der Waals surface area (Å²) in [6, 6.07) is 19.8. The van der Waals surface area contributed by atoms with Gasteiger partial charge in [0.05, 0.1) is 6.54 Å². The number of hydrogen-bond acceptors (Lipinski definition) is 4. The third kappa shape index (κ3) is 3.55. The van der Waals surface area contributed by atoms with Gasteiger partial charge in [0, 0.05) is 0 Å². The highest BCUT2D eigenvalue weighted by molar-refractivity contribution is 5.27. The molecule has 0 bridgehead atoms. The van der Waals surface area contributed by atoms with E-state index >= 15 is 0 Å². The minimum Gasteiger partial charge on any atom is -0.487 e. The van der Waals surface area contributed by atoms with E-state index in [9.17, 15) is 5.26 Å². The standard InChI is InChI=1S/C18H16N4O/c1-14-7-9-15(10-8-14)12-22-18(17(11-19)20-21-22)13-23-16-5-3-2-4-6-16/h2-10H,12-13H2,1H3. The van der Waals surface area contributed by atoms with E-state index in [2.05, 4.69) is 28.5 Å². The first-order chi connectivity index (χ1) is 11.3. The molecule has 1 aromatic heterocycles. The molecule has 0 atom stereocenters. The molecule has 3 aromatic rings. The molecule has 0 aliphatic rings. The predicted octanol–water partition coefficient (Wildman–Crippen LogP) is 3.09. The largest absolute Gasteiger partial charge is 0.487 e. The lowest BCUT2D eigenvalue weighted by Crippen LogP contribution is -2.10. The van der Waals surface area contributed by atoms with Crippen molar-refractivity contribution < 1.29 is 4.74 Å². The molecule has 0 spiro atoms. The van der Waals surface area contributed by atoms with Gasteiger partial charge in [-0.05, 0) is 24.6 Å². The van der Waals surface area contributed by atoms with E-state index < -0.39 is 0 Å². The molecule has 3 rings (SSSR count). The quantitative estimate of drug-likeness (QED) is 0.726. The molecule has 0 aliphatic heterocycles. The zero-order valence-electron chi connectivity index (χ0n) is 12.8. The Morgan fingerprint density at radius 1 is 1.09 bits per heavy atom.